The number of rotatable bonds is 3. The van der Waals surface area contributed by atoms with Gasteiger partial charge in [0.25, 0.3) is 0 Å². The zero-order chi connectivity index (χ0) is 12.4. The summed E-state index contributed by atoms with van der Waals surface area (Å²) in [7, 11) is 3.47. The molecule has 17 heavy (non-hydrogen) atoms. The van der Waals surface area contributed by atoms with Crippen molar-refractivity contribution in [2.75, 3.05) is 26.2 Å². The molecule has 1 unspecified atom stereocenters. The third-order valence-electron chi connectivity index (χ3n) is 2.57. The van der Waals surface area contributed by atoms with Gasteiger partial charge in [-0.25, -0.2) is 0 Å². The van der Waals surface area contributed by atoms with Crippen LogP contribution in [-0.4, -0.2) is 37.7 Å². The molecule has 0 bridgehead atoms. The Kier molecular flexibility index (Phi) is 3.08. The van der Waals surface area contributed by atoms with Crippen molar-refractivity contribution in [3.63, 3.8) is 0 Å². The number of hydrogen-bond acceptors (Lipinski definition) is 4. The summed E-state index contributed by atoms with van der Waals surface area (Å²) >= 11 is 0. The lowest BCUT2D eigenvalue weighted by molar-refractivity contribution is -0.129. The standard InChI is InChI=1S/C12H16N2O3/c1-8(12(15)14(2)3)13-9-4-5-10-11(6-9)17-7-16-10/h4-6,8,13H,7H2,1-3H3. The number of hydrogen-bond donors (Lipinski definition) is 1. The summed E-state index contributed by atoms with van der Waals surface area (Å²) in [5, 5.41) is 3.13. The Bertz CT molecular complexity index is 432. The molecule has 0 fully saturated rings. The lowest BCUT2D eigenvalue weighted by atomic mass is 10.2. The summed E-state index contributed by atoms with van der Waals surface area (Å²) in [6, 6.07) is 5.26. The Morgan fingerprint density at radius 3 is 2.76 bits per heavy atom. The fourth-order valence-electron chi connectivity index (χ4n) is 1.69. The summed E-state index contributed by atoms with van der Waals surface area (Å²) in [4.78, 5) is 13.2. The molecule has 0 saturated heterocycles. The summed E-state index contributed by atoms with van der Waals surface area (Å²) in [5.41, 5.74) is 0.844. The molecule has 1 amide bonds. The summed E-state index contributed by atoms with van der Waals surface area (Å²) in [6.45, 7) is 2.08. The van der Waals surface area contributed by atoms with Gasteiger partial charge in [0.1, 0.15) is 6.04 Å². The minimum atomic E-state index is -0.273. The van der Waals surface area contributed by atoms with E-state index < -0.39 is 0 Å². The van der Waals surface area contributed by atoms with E-state index in [9.17, 15) is 4.79 Å². The van der Waals surface area contributed by atoms with Gasteiger partial charge in [-0.2, -0.15) is 0 Å². The SMILES string of the molecule is CC(Nc1ccc2c(c1)OCO2)C(=O)N(C)C. The molecule has 92 valence electrons. The van der Waals surface area contributed by atoms with Crippen LogP contribution in [0.25, 0.3) is 0 Å². The quantitative estimate of drug-likeness (QED) is 0.859. The van der Waals surface area contributed by atoms with E-state index in [1.54, 1.807) is 19.0 Å². The average molecular weight is 236 g/mol. The van der Waals surface area contributed by atoms with Gasteiger partial charge in [0.15, 0.2) is 11.5 Å². The third-order valence-corrected chi connectivity index (χ3v) is 2.57. The molecule has 0 spiro atoms. The number of anilines is 1. The van der Waals surface area contributed by atoms with Crippen LogP contribution in [0.5, 0.6) is 11.5 Å². The smallest absolute Gasteiger partial charge is 0.244 e. The minimum Gasteiger partial charge on any atom is -0.454 e. The molecule has 0 aliphatic carbocycles. The van der Waals surface area contributed by atoms with E-state index in [1.165, 1.54) is 0 Å². The highest BCUT2D eigenvalue weighted by atomic mass is 16.7. The van der Waals surface area contributed by atoms with Crippen LogP contribution in [-0.2, 0) is 4.79 Å². The van der Waals surface area contributed by atoms with E-state index in [0.29, 0.717) is 5.75 Å². The second-order valence-electron chi connectivity index (χ2n) is 4.17. The zero-order valence-corrected chi connectivity index (χ0v) is 10.2. The molecule has 1 aromatic rings. The molecule has 2 rings (SSSR count). The first-order valence-corrected chi connectivity index (χ1v) is 5.45. The van der Waals surface area contributed by atoms with Crippen LogP contribution in [0.1, 0.15) is 6.92 Å². The Balaban J connectivity index is 2.06. The van der Waals surface area contributed by atoms with Crippen molar-refractivity contribution in [2.45, 2.75) is 13.0 Å². The summed E-state index contributed by atoms with van der Waals surface area (Å²) < 4.78 is 10.5. The van der Waals surface area contributed by atoms with E-state index in [4.69, 9.17) is 9.47 Å². The molecule has 5 nitrogen and oxygen atoms in total. The van der Waals surface area contributed by atoms with Gasteiger partial charge in [-0.05, 0) is 19.1 Å². The Hall–Kier alpha value is -1.91. The first-order valence-electron chi connectivity index (χ1n) is 5.45. The number of fused-ring (bicyclic) bond motifs is 1. The van der Waals surface area contributed by atoms with Gasteiger partial charge in [-0.15, -0.1) is 0 Å². The van der Waals surface area contributed by atoms with Crippen LogP contribution in [0.4, 0.5) is 5.69 Å². The van der Waals surface area contributed by atoms with E-state index >= 15 is 0 Å². The highest BCUT2D eigenvalue weighted by molar-refractivity contribution is 5.84. The zero-order valence-electron chi connectivity index (χ0n) is 10.2. The Morgan fingerprint density at radius 2 is 2.06 bits per heavy atom. The average Bonchev–Trinajstić information content (AvgIpc) is 2.74. The summed E-state index contributed by atoms with van der Waals surface area (Å²) in [6.07, 6.45) is 0. The second-order valence-corrected chi connectivity index (χ2v) is 4.17. The maximum Gasteiger partial charge on any atom is 0.244 e. The molecule has 1 heterocycles. The van der Waals surface area contributed by atoms with E-state index in [-0.39, 0.29) is 18.7 Å². The first kappa shape index (κ1) is 11.6. The highest BCUT2D eigenvalue weighted by Gasteiger charge is 2.17. The van der Waals surface area contributed by atoms with Crippen molar-refractivity contribution in [2.24, 2.45) is 0 Å². The van der Waals surface area contributed by atoms with Crippen molar-refractivity contribution in [3.8, 4) is 11.5 Å². The van der Waals surface area contributed by atoms with E-state index in [1.807, 2.05) is 25.1 Å². The van der Waals surface area contributed by atoms with Crippen LogP contribution in [0.3, 0.4) is 0 Å². The molecular weight excluding hydrogens is 220 g/mol. The van der Waals surface area contributed by atoms with Crippen LogP contribution < -0.4 is 14.8 Å². The predicted octanol–water partition coefficient (Wildman–Crippen LogP) is 1.30. The van der Waals surface area contributed by atoms with Crippen LogP contribution in [0.15, 0.2) is 18.2 Å². The van der Waals surface area contributed by atoms with Crippen LogP contribution in [0.2, 0.25) is 0 Å². The second kappa shape index (κ2) is 4.53. The maximum absolute atomic E-state index is 11.7. The number of ether oxygens (including phenoxy) is 2. The van der Waals surface area contributed by atoms with Gasteiger partial charge in [-0.1, -0.05) is 0 Å². The van der Waals surface area contributed by atoms with Crippen molar-refractivity contribution in [3.05, 3.63) is 18.2 Å². The third kappa shape index (κ3) is 2.43. The largest absolute Gasteiger partial charge is 0.454 e. The van der Waals surface area contributed by atoms with Gasteiger partial charge in [0.2, 0.25) is 12.7 Å². The van der Waals surface area contributed by atoms with Crippen molar-refractivity contribution in [1.82, 2.24) is 4.90 Å². The lowest BCUT2D eigenvalue weighted by Crippen LogP contribution is -2.36. The minimum absolute atomic E-state index is 0.0302. The molecular formula is C12H16N2O3. The van der Waals surface area contributed by atoms with Gasteiger partial charge < -0.3 is 19.7 Å². The fraction of sp³-hybridized carbons (Fsp3) is 0.417. The predicted molar refractivity (Wildman–Crippen MR) is 64.3 cm³/mol. The molecule has 1 aliphatic heterocycles. The van der Waals surface area contributed by atoms with Gasteiger partial charge >= 0.3 is 0 Å². The number of likely N-dealkylation sites (N-methyl/N-ethyl adjacent to an activating group) is 1. The number of benzene rings is 1. The number of nitrogens with zero attached hydrogens (tertiary/aromatic N) is 1. The van der Waals surface area contributed by atoms with Crippen LogP contribution in [0, 0.1) is 0 Å². The molecule has 0 saturated carbocycles. The molecule has 0 radical (unpaired) electrons. The number of carbonyl (C=O) groups is 1. The molecule has 1 atom stereocenters. The topological polar surface area (TPSA) is 50.8 Å². The van der Waals surface area contributed by atoms with E-state index in [0.717, 1.165) is 11.4 Å². The number of carbonyl (C=O) groups excluding carboxylic acids is 1. The van der Waals surface area contributed by atoms with Gasteiger partial charge in [0, 0.05) is 25.8 Å². The van der Waals surface area contributed by atoms with Crippen molar-refractivity contribution < 1.29 is 14.3 Å². The molecule has 1 aliphatic rings. The first-order chi connectivity index (χ1) is 8.08. The molecule has 0 aromatic heterocycles. The number of amides is 1. The fourth-order valence-corrected chi connectivity index (χ4v) is 1.69. The monoisotopic (exact) mass is 236 g/mol. The lowest BCUT2D eigenvalue weighted by Gasteiger charge is -2.19. The molecule has 5 heteroatoms. The van der Waals surface area contributed by atoms with Crippen molar-refractivity contribution in [1.29, 1.82) is 0 Å². The highest BCUT2D eigenvalue weighted by Crippen LogP contribution is 2.34. The van der Waals surface area contributed by atoms with Crippen LogP contribution >= 0.6 is 0 Å². The molecule has 1 aromatic carbocycles. The Labute approximate surface area is 100 Å². The van der Waals surface area contributed by atoms with Gasteiger partial charge in [-0.3, -0.25) is 4.79 Å². The van der Waals surface area contributed by atoms with Crippen molar-refractivity contribution >= 4 is 11.6 Å². The molecule has 1 N–H and O–H groups in total. The van der Waals surface area contributed by atoms with Gasteiger partial charge in [0.05, 0.1) is 0 Å². The summed E-state index contributed by atoms with van der Waals surface area (Å²) in [5.74, 6) is 1.48. The normalized spacial score (nSPS) is 14.3. The maximum atomic E-state index is 11.7. The van der Waals surface area contributed by atoms with E-state index in [2.05, 4.69) is 5.32 Å². The Morgan fingerprint density at radius 1 is 1.35 bits per heavy atom. The number of nitrogens with one attached hydrogen (secondary N) is 1.